The van der Waals surface area contributed by atoms with Crippen molar-refractivity contribution in [2.75, 3.05) is 4.90 Å². The Hall–Kier alpha value is -8.92. The van der Waals surface area contributed by atoms with Gasteiger partial charge in [0.05, 0.1) is 22.2 Å². The van der Waals surface area contributed by atoms with E-state index in [0.29, 0.717) is 0 Å². The average molecular weight is 880 g/mol. The predicted octanol–water partition coefficient (Wildman–Crippen LogP) is 16.9. The second-order valence-electron chi connectivity index (χ2n) is 18.6. The number of hydrogen-bond donors (Lipinski definition) is 0. The fourth-order valence-corrected chi connectivity index (χ4v) is 12.8. The number of nitrogens with zero attached hydrogens (tertiary/aromatic N) is 1. The van der Waals surface area contributed by atoms with E-state index in [1.54, 1.807) is 0 Å². The van der Waals surface area contributed by atoms with Crippen molar-refractivity contribution in [2.45, 2.75) is 10.8 Å². The Kier molecular flexibility index (Phi) is 7.92. The quantitative estimate of drug-likeness (QED) is 0.176. The third-order valence-corrected chi connectivity index (χ3v) is 15.4. The molecular formula is C66H41NO2. The molecule has 4 aliphatic rings. The maximum absolute atomic E-state index is 6.75. The topological polar surface area (TPSA) is 21.7 Å². The lowest BCUT2D eigenvalue weighted by atomic mass is 9.66. The summed E-state index contributed by atoms with van der Waals surface area (Å²) in [5.74, 6) is 3.52. The SMILES string of the molecule is c1ccc2c(c1)Oc1ccccc1C21c2ccccc2-c2c(N(c3ccc(-c4cccc5ccccc45)cc3)c3cccc4c3-c3ccccc3C43c4ccccc4Oc4ccccc43)cccc21. The summed E-state index contributed by atoms with van der Waals surface area (Å²) in [6.45, 7) is 0. The van der Waals surface area contributed by atoms with E-state index in [1.807, 2.05) is 0 Å². The zero-order valence-electron chi connectivity index (χ0n) is 37.4. The van der Waals surface area contributed by atoms with E-state index < -0.39 is 10.8 Å². The van der Waals surface area contributed by atoms with Crippen LogP contribution in [-0.2, 0) is 10.8 Å². The van der Waals surface area contributed by atoms with Crippen LogP contribution in [0.25, 0.3) is 44.2 Å². The molecule has 2 aliphatic carbocycles. The zero-order valence-corrected chi connectivity index (χ0v) is 37.4. The van der Waals surface area contributed by atoms with Crippen LogP contribution in [0, 0.1) is 0 Å². The van der Waals surface area contributed by atoms with Crippen molar-refractivity contribution in [3.63, 3.8) is 0 Å². The average Bonchev–Trinajstić information content (AvgIpc) is 3.88. The van der Waals surface area contributed by atoms with Gasteiger partial charge < -0.3 is 14.4 Å². The number of fused-ring (bicyclic) bond motifs is 19. The number of rotatable bonds is 4. The lowest BCUT2D eigenvalue weighted by Crippen LogP contribution is -2.32. The van der Waals surface area contributed by atoms with Gasteiger partial charge >= 0.3 is 0 Å². The molecule has 0 fully saturated rings. The van der Waals surface area contributed by atoms with Gasteiger partial charge in [0, 0.05) is 39.1 Å². The highest BCUT2D eigenvalue weighted by molar-refractivity contribution is 6.04. The molecule has 0 aromatic heterocycles. The van der Waals surface area contributed by atoms with Crippen LogP contribution in [0.3, 0.4) is 0 Å². The molecule has 0 radical (unpaired) electrons. The molecule has 0 N–H and O–H groups in total. The monoisotopic (exact) mass is 879 g/mol. The molecule has 11 aromatic carbocycles. The molecule has 322 valence electrons. The van der Waals surface area contributed by atoms with Gasteiger partial charge in [-0.1, -0.05) is 200 Å². The molecule has 2 heterocycles. The molecule has 3 heteroatoms. The Morgan fingerprint density at radius 2 is 0.638 bits per heavy atom. The molecule has 0 bridgehead atoms. The molecule has 0 amide bonds. The summed E-state index contributed by atoms with van der Waals surface area (Å²) < 4.78 is 13.5. The van der Waals surface area contributed by atoms with E-state index in [-0.39, 0.29) is 0 Å². The number of hydrogen-bond acceptors (Lipinski definition) is 3. The Morgan fingerprint density at radius 1 is 0.275 bits per heavy atom. The van der Waals surface area contributed by atoms with Crippen molar-refractivity contribution in [1.29, 1.82) is 0 Å². The molecule has 0 saturated heterocycles. The summed E-state index contributed by atoms with van der Waals surface area (Å²) in [4.78, 5) is 2.55. The molecule has 2 aliphatic heterocycles. The molecule has 2 spiro atoms. The third kappa shape index (κ3) is 5.01. The summed E-state index contributed by atoms with van der Waals surface area (Å²) in [6.07, 6.45) is 0. The minimum atomic E-state index is -0.623. The minimum Gasteiger partial charge on any atom is -0.457 e. The van der Waals surface area contributed by atoms with Crippen LogP contribution in [0.4, 0.5) is 17.1 Å². The Morgan fingerprint density at radius 3 is 1.13 bits per heavy atom. The highest BCUT2D eigenvalue weighted by Crippen LogP contribution is 2.67. The van der Waals surface area contributed by atoms with Gasteiger partial charge in [0.15, 0.2) is 0 Å². The van der Waals surface area contributed by atoms with Crippen molar-refractivity contribution in [3.05, 3.63) is 293 Å². The van der Waals surface area contributed by atoms with Gasteiger partial charge in [0.25, 0.3) is 0 Å². The first-order chi connectivity index (χ1) is 34.2. The van der Waals surface area contributed by atoms with Crippen LogP contribution >= 0.6 is 0 Å². The second-order valence-corrected chi connectivity index (χ2v) is 18.6. The summed E-state index contributed by atoms with van der Waals surface area (Å²) in [5, 5.41) is 2.47. The van der Waals surface area contributed by atoms with Crippen LogP contribution in [0.5, 0.6) is 23.0 Å². The molecule has 3 nitrogen and oxygen atoms in total. The summed E-state index contributed by atoms with van der Waals surface area (Å²) in [7, 11) is 0. The normalized spacial score (nSPS) is 14.3. The third-order valence-electron chi connectivity index (χ3n) is 15.4. The van der Waals surface area contributed by atoms with Crippen LogP contribution in [0.1, 0.15) is 44.5 Å². The van der Waals surface area contributed by atoms with Crippen molar-refractivity contribution < 1.29 is 9.47 Å². The fraction of sp³-hybridized carbons (Fsp3) is 0.0303. The summed E-state index contributed by atoms with van der Waals surface area (Å²) in [5.41, 5.74) is 18.8. The Balaban J connectivity index is 1.04. The van der Waals surface area contributed by atoms with Crippen LogP contribution in [0.2, 0.25) is 0 Å². The molecular weight excluding hydrogens is 839 g/mol. The van der Waals surface area contributed by atoms with Gasteiger partial charge in [0.2, 0.25) is 0 Å². The number of benzene rings is 11. The Bertz CT molecular complexity index is 3650. The maximum atomic E-state index is 6.75. The van der Waals surface area contributed by atoms with Gasteiger partial charge in [-0.15, -0.1) is 0 Å². The maximum Gasteiger partial charge on any atom is 0.132 e. The van der Waals surface area contributed by atoms with Crippen LogP contribution in [0.15, 0.2) is 249 Å². The lowest BCUT2D eigenvalue weighted by Gasteiger charge is -2.40. The van der Waals surface area contributed by atoms with Crippen molar-refractivity contribution >= 4 is 27.8 Å². The molecule has 11 aromatic rings. The number of ether oxygens (including phenoxy) is 2. The first-order valence-electron chi connectivity index (χ1n) is 23.8. The lowest BCUT2D eigenvalue weighted by molar-refractivity contribution is 0.436. The van der Waals surface area contributed by atoms with Crippen molar-refractivity contribution in [3.8, 4) is 56.4 Å². The molecule has 15 rings (SSSR count). The minimum absolute atomic E-state index is 0.623. The van der Waals surface area contributed by atoms with Gasteiger partial charge in [-0.05, 0) is 104 Å². The van der Waals surface area contributed by atoms with Crippen molar-refractivity contribution in [2.24, 2.45) is 0 Å². The van der Waals surface area contributed by atoms with Crippen molar-refractivity contribution in [1.82, 2.24) is 0 Å². The van der Waals surface area contributed by atoms with Crippen LogP contribution in [-0.4, -0.2) is 0 Å². The first-order valence-corrected chi connectivity index (χ1v) is 23.8. The summed E-state index contributed by atoms with van der Waals surface area (Å²) in [6, 6.07) is 91.0. The fourth-order valence-electron chi connectivity index (χ4n) is 12.8. The van der Waals surface area contributed by atoms with Crippen LogP contribution < -0.4 is 14.4 Å². The molecule has 0 unspecified atom stereocenters. The summed E-state index contributed by atoms with van der Waals surface area (Å²) >= 11 is 0. The number of anilines is 3. The molecule has 0 saturated carbocycles. The predicted molar refractivity (Wildman–Crippen MR) is 279 cm³/mol. The number of para-hydroxylation sites is 4. The zero-order chi connectivity index (χ0) is 45.3. The highest BCUT2D eigenvalue weighted by Gasteiger charge is 2.54. The van der Waals surface area contributed by atoms with E-state index >= 15 is 0 Å². The smallest absolute Gasteiger partial charge is 0.132 e. The van der Waals surface area contributed by atoms with E-state index in [9.17, 15) is 0 Å². The standard InChI is InChI=1S/C66H41NO2/c1-2-20-45-42(18-1)19-15-23-46(45)43-38-40-44(41-39-43)67(57-32-16-30-55-63(57)47-21-3-5-24-49(47)65(55)51-26-7-11-34-59(51)68-60-35-12-8-27-52(60)65)58-33-17-31-56-64(58)48-22-4-6-25-50(48)66(56)53-28-9-13-36-61(53)69-62-37-14-10-29-54(62)66/h1-41H. The van der Waals surface area contributed by atoms with E-state index in [2.05, 4.69) is 254 Å². The van der Waals surface area contributed by atoms with E-state index in [4.69, 9.17) is 9.47 Å². The second kappa shape index (κ2) is 14.3. The Labute approximate surface area is 400 Å². The highest BCUT2D eigenvalue weighted by atomic mass is 16.5. The molecule has 0 atom stereocenters. The van der Waals surface area contributed by atoms with E-state index in [0.717, 1.165) is 62.3 Å². The largest absolute Gasteiger partial charge is 0.457 e. The van der Waals surface area contributed by atoms with Gasteiger partial charge in [-0.25, -0.2) is 0 Å². The van der Waals surface area contributed by atoms with E-state index in [1.165, 1.54) is 66.4 Å². The van der Waals surface area contributed by atoms with Gasteiger partial charge in [-0.3, -0.25) is 0 Å². The first kappa shape index (κ1) is 38.2. The molecule has 69 heavy (non-hydrogen) atoms. The van der Waals surface area contributed by atoms with Gasteiger partial charge in [-0.2, -0.15) is 0 Å². The van der Waals surface area contributed by atoms with Gasteiger partial charge in [0.1, 0.15) is 23.0 Å².